The summed E-state index contributed by atoms with van der Waals surface area (Å²) in [4.78, 5) is 4.38. The number of benzene rings is 2. The van der Waals surface area contributed by atoms with Crippen LogP contribution < -0.4 is 15.8 Å². The highest BCUT2D eigenvalue weighted by atomic mass is 16.5. The fourth-order valence-electron chi connectivity index (χ4n) is 2.08. The fourth-order valence-corrected chi connectivity index (χ4v) is 2.08. The number of hydrogen-bond donors (Lipinski definition) is 2. The van der Waals surface area contributed by atoms with Crippen LogP contribution in [0.1, 0.15) is 25.8 Å². The summed E-state index contributed by atoms with van der Waals surface area (Å²) in [6, 6.07) is 12.7. The van der Waals surface area contributed by atoms with Gasteiger partial charge in [0.25, 0.3) is 0 Å². The number of guanidine groups is 1. The summed E-state index contributed by atoms with van der Waals surface area (Å²) < 4.78 is 5.23. The Kier molecular flexibility index (Phi) is 5.04. The minimum atomic E-state index is 0.345. The maximum Gasteiger partial charge on any atom is 0.189 e. The van der Waals surface area contributed by atoms with Crippen LogP contribution >= 0.6 is 0 Å². The van der Waals surface area contributed by atoms with Gasteiger partial charge in [0.05, 0.1) is 13.7 Å². The molecule has 3 N–H and O–H groups in total. The highest BCUT2D eigenvalue weighted by Gasteiger charge is 2.01. The smallest absolute Gasteiger partial charge is 0.189 e. The number of ether oxygens (including phenoxy) is 1. The number of nitrogens with one attached hydrogen (secondary N) is 1. The van der Waals surface area contributed by atoms with Crippen molar-refractivity contribution in [3.63, 3.8) is 0 Å². The zero-order valence-corrected chi connectivity index (χ0v) is 12.9. The summed E-state index contributed by atoms with van der Waals surface area (Å²) in [6.07, 6.45) is 1.02. The Hall–Kier alpha value is -2.23. The van der Waals surface area contributed by atoms with Crippen molar-refractivity contribution in [1.82, 2.24) is 5.32 Å². The quantitative estimate of drug-likeness (QED) is 0.655. The van der Waals surface area contributed by atoms with Crippen molar-refractivity contribution in [3.8, 4) is 5.75 Å². The number of rotatable bonds is 5. The Morgan fingerprint density at radius 1 is 1.24 bits per heavy atom. The number of methoxy groups -OCH3 is 1. The Morgan fingerprint density at radius 2 is 1.95 bits per heavy atom. The van der Waals surface area contributed by atoms with Crippen molar-refractivity contribution in [1.29, 1.82) is 0 Å². The molecule has 0 heterocycles. The summed E-state index contributed by atoms with van der Waals surface area (Å²) in [7, 11) is 1.68. The van der Waals surface area contributed by atoms with E-state index in [9.17, 15) is 0 Å². The topological polar surface area (TPSA) is 59.6 Å². The van der Waals surface area contributed by atoms with E-state index in [2.05, 4.69) is 48.4 Å². The second-order valence-electron chi connectivity index (χ2n) is 5.20. The standard InChI is InChI=1S/C17H23N3O/c1-4-12(2)20-17(18)19-11-13-5-6-15-10-16(21-3)8-7-14(15)9-13/h5-10,12H,4,11H2,1-3H3,(H3,18,19,20). The van der Waals surface area contributed by atoms with E-state index >= 15 is 0 Å². The van der Waals surface area contributed by atoms with Gasteiger partial charge in [0.15, 0.2) is 5.96 Å². The van der Waals surface area contributed by atoms with Gasteiger partial charge in [-0.25, -0.2) is 4.99 Å². The molecule has 0 aliphatic heterocycles. The Bertz CT molecular complexity index is 637. The van der Waals surface area contributed by atoms with Gasteiger partial charge in [-0.05, 0) is 47.9 Å². The maximum atomic E-state index is 5.87. The van der Waals surface area contributed by atoms with Crippen LogP contribution in [0.5, 0.6) is 5.75 Å². The lowest BCUT2D eigenvalue weighted by Gasteiger charge is -2.11. The molecule has 0 amide bonds. The van der Waals surface area contributed by atoms with Gasteiger partial charge in [-0.2, -0.15) is 0 Å². The van der Waals surface area contributed by atoms with Gasteiger partial charge in [-0.1, -0.05) is 25.1 Å². The van der Waals surface area contributed by atoms with Crippen LogP contribution in [0, 0.1) is 0 Å². The highest BCUT2D eigenvalue weighted by Crippen LogP contribution is 2.22. The van der Waals surface area contributed by atoms with Crippen molar-refractivity contribution in [3.05, 3.63) is 42.0 Å². The molecule has 2 rings (SSSR count). The molecule has 1 unspecified atom stereocenters. The van der Waals surface area contributed by atoms with Gasteiger partial charge in [0, 0.05) is 6.04 Å². The van der Waals surface area contributed by atoms with Crippen molar-refractivity contribution in [2.45, 2.75) is 32.9 Å². The third-order valence-corrected chi connectivity index (χ3v) is 3.55. The van der Waals surface area contributed by atoms with E-state index in [4.69, 9.17) is 10.5 Å². The van der Waals surface area contributed by atoms with Gasteiger partial charge in [-0.3, -0.25) is 0 Å². The third kappa shape index (κ3) is 4.12. The Morgan fingerprint density at radius 3 is 2.67 bits per heavy atom. The molecule has 0 bridgehead atoms. The molecule has 2 aromatic carbocycles. The van der Waals surface area contributed by atoms with Crippen molar-refractivity contribution in [2.24, 2.45) is 10.7 Å². The summed E-state index contributed by atoms with van der Waals surface area (Å²) in [5.41, 5.74) is 7.01. The van der Waals surface area contributed by atoms with Gasteiger partial charge in [-0.15, -0.1) is 0 Å². The predicted octanol–water partition coefficient (Wildman–Crippen LogP) is 3.05. The normalized spacial score (nSPS) is 13.2. The summed E-state index contributed by atoms with van der Waals surface area (Å²) in [5, 5.41) is 5.50. The van der Waals surface area contributed by atoms with E-state index in [1.54, 1.807) is 7.11 Å². The first kappa shape index (κ1) is 15.2. The molecule has 0 aliphatic carbocycles. The average Bonchev–Trinajstić information content (AvgIpc) is 2.52. The van der Waals surface area contributed by atoms with E-state index < -0.39 is 0 Å². The lowest BCUT2D eigenvalue weighted by Crippen LogP contribution is -2.38. The second-order valence-corrected chi connectivity index (χ2v) is 5.20. The summed E-state index contributed by atoms with van der Waals surface area (Å²) in [6.45, 7) is 4.78. The van der Waals surface area contributed by atoms with Crippen LogP contribution in [0.4, 0.5) is 0 Å². The molecular weight excluding hydrogens is 262 g/mol. The highest BCUT2D eigenvalue weighted by molar-refractivity contribution is 5.84. The monoisotopic (exact) mass is 285 g/mol. The Labute approximate surface area is 126 Å². The van der Waals surface area contributed by atoms with E-state index in [0.717, 1.165) is 23.1 Å². The molecule has 4 heteroatoms. The van der Waals surface area contributed by atoms with Crippen molar-refractivity contribution >= 4 is 16.7 Å². The first-order chi connectivity index (χ1) is 10.1. The van der Waals surface area contributed by atoms with Crippen LogP contribution in [0.15, 0.2) is 41.4 Å². The van der Waals surface area contributed by atoms with Crippen LogP contribution in [0.2, 0.25) is 0 Å². The van der Waals surface area contributed by atoms with Crippen LogP contribution in [-0.2, 0) is 6.54 Å². The molecule has 0 aliphatic rings. The molecule has 0 spiro atoms. The average molecular weight is 285 g/mol. The minimum absolute atomic E-state index is 0.345. The molecule has 4 nitrogen and oxygen atoms in total. The van der Waals surface area contributed by atoms with Gasteiger partial charge < -0.3 is 15.8 Å². The molecule has 21 heavy (non-hydrogen) atoms. The van der Waals surface area contributed by atoms with Crippen LogP contribution in [-0.4, -0.2) is 19.1 Å². The third-order valence-electron chi connectivity index (χ3n) is 3.55. The minimum Gasteiger partial charge on any atom is -0.497 e. The SMILES string of the molecule is CCC(C)NC(N)=NCc1ccc2cc(OC)ccc2c1. The molecule has 112 valence electrons. The molecule has 2 aromatic rings. The fraction of sp³-hybridized carbons (Fsp3) is 0.353. The second kappa shape index (κ2) is 6.97. The van der Waals surface area contributed by atoms with Crippen molar-refractivity contribution < 1.29 is 4.74 Å². The van der Waals surface area contributed by atoms with Crippen LogP contribution in [0.3, 0.4) is 0 Å². The molecule has 0 saturated heterocycles. The van der Waals surface area contributed by atoms with E-state index in [1.165, 1.54) is 5.39 Å². The number of fused-ring (bicyclic) bond motifs is 1. The maximum absolute atomic E-state index is 5.87. The lowest BCUT2D eigenvalue weighted by molar-refractivity contribution is 0.415. The molecular formula is C17H23N3O. The van der Waals surface area contributed by atoms with E-state index in [-0.39, 0.29) is 0 Å². The number of nitrogens with zero attached hydrogens (tertiary/aromatic N) is 1. The van der Waals surface area contributed by atoms with Gasteiger partial charge in [0.2, 0.25) is 0 Å². The first-order valence-electron chi connectivity index (χ1n) is 7.25. The lowest BCUT2D eigenvalue weighted by atomic mass is 10.1. The summed E-state index contributed by atoms with van der Waals surface area (Å²) in [5.74, 6) is 1.37. The zero-order chi connectivity index (χ0) is 15.2. The molecule has 0 radical (unpaired) electrons. The number of nitrogens with two attached hydrogens (primary N) is 1. The summed E-state index contributed by atoms with van der Waals surface area (Å²) >= 11 is 0. The number of hydrogen-bond acceptors (Lipinski definition) is 2. The largest absolute Gasteiger partial charge is 0.497 e. The molecule has 0 saturated carbocycles. The van der Waals surface area contributed by atoms with E-state index in [0.29, 0.717) is 18.5 Å². The Balaban J connectivity index is 2.11. The zero-order valence-electron chi connectivity index (χ0n) is 12.9. The molecule has 1 atom stereocenters. The van der Waals surface area contributed by atoms with Crippen LogP contribution in [0.25, 0.3) is 10.8 Å². The first-order valence-corrected chi connectivity index (χ1v) is 7.25. The predicted molar refractivity (Wildman–Crippen MR) is 88.7 cm³/mol. The van der Waals surface area contributed by atoms with E-state index in [1.807, 2.05) is 12.1 Å². The number of aliphatic imine (C=N–C) groups is 1. The van der Waals surface area contributed by atoms with Gasteiger partial charge in [0.1, 0.15) is 5.75 Å². The molecule has 0 aromatic heterocycles. The van der Waals surface area contributed by atoms with Gasteiger partial charge >= 0.3 is 0 Å². The molecule has 0 fully saturated rings. The van der Waals surface area contributed by atoms with Crippen molar-refractivity contribution in [2.75, 3.05) is 7.11 Å².